The maximum atomic E-state index is 12.7. The topological polar surface area (TPSA) is 66.5 Å². The van der Waals surface area contributed by atoms with Gasteiger partial charge in [-0.15, -0.1) is 0 Å². The third-order valence-electron chi connectivity index (χ3n) is 4.35. The van der Waals surface area contributed by atoms with E-state index in [0.29, 0.717) is 11.3 Å². The summed E-state index contributed by atoms with van der Waals surface area (Å²) >= 11 is 0. The zero-order valence-corrected chi connectivity index (χ0v) is 14.4. The van der Waals surface area contributed by atoms with E-state index in [0.717, 1.165) is 11.3 Å². The van der Waals surface area contributed by atoms with Crippen LogP contribution in [-0.2, 0) is 0 Å². The molecule has 122 valence electrons. The zero-order valence-electron chi connectivity index (χ0n) is 14.4. The molecule has 0 bridgehead atoms. The second-order valence-electron chi connectivity index (χ2n) is 6.23. The predicted octanol–water partition coefficient (Wildman–Crippen LogP) is 2.73. The minimum Gasteiger partial charge on any atom is -0.355 e. The third kappa shape index (κ3) is 3.59. The van der Waals surface area contributed by atoms with Gasteiger partial charge in [-0.25, -0.2) is 0 Å². The van der Waals surface area contributed by atoms with E-state index in [1.807, 2.05) is 39.0 Å². The van der Waals surface area contributed by atoms with E-state index in [-0.39, 0.29) is 23.7 Å². The maximum Gasteiger partial charge on any atom is 0.235 e. The fourth-order valence-corrected chi connectivity index (χ4v) is 3.14. The van der Waals surface area contributed by atoms with E-state index >= 15 is 0 Å². The van der Waals surface area contributed by atoms with Crippen LogP contribution in [0.15, 0.2) is 30.3 Å². The van der Waals surface area contributed by atoms with E-state index in [9.17, 15) is 9.59 Å². The van der Waals surface area contributed by atoms with Crippen molar-refractivity contribution >= 4 is 11.6 Å². The standard InChI is InChI=1S/C19H24N2O2/c1-11-17(15(5)22)13(3)21-18(11)19(23)14(4)20-12(2)16-9-7-6-8-10-16/h6-10,12,14,20-21H,1-5H3/p+1/t12-,14-/m1/s1. The van der Waals surface area contributed by atoms with Crippen molar-refractivity contribution in [3.63, 3.8) is 0 Å². The number of nitrogens with two attached hydrogens (primary N) is 1. The normalized spacial score (nSPS) is 13.6. The van der Waals surface area contributed by atoms with Crippen LogP contribution in [0.5, 0.6) is 0 Å². The Balaban J connectivity index is 2.17. The highest BCUT2D eigenvalue weighted by Crippen LogP contribution is 2.19. The maximum absolute atomic E-state index is 12.7. The van der Waals surface area contributed by atoms with Gasteiger partial charge in [0.05, 0.1) is 5.69 Å². The highest BCUT2D eigenvalue weighted by Gasteiger charge is 2.27. The van der Waals surface area contributed by atoms with Crippen LogP contribution in [0.1, 0.15) is 64.5 Å². The van der Waals surface area contributed by atoms with Gasteiger partial charge in [-0.05, 0) is 40.2 Å². The molecule has 0 saturated heterocycles. The molecule has 4 nitrogen and oxygen atoms in total. The first-order valence-electron chi connectivity index (χ1n) is 7.97. The number of aromatic amines is 1. The summed E-state index contributed by atoms with van der Waals surface area (Å²) in [5, 5.41) is 2.06. The molecule has 0 aliphatic rings. The number of carbonyl (C=O) groups excluding carboxylic acids is 2. The summed E-state index contributed by atoms with van der Waals surface area (Å²) < 4.78 is 0. The summed E-state index contributed by atoms with van der Waals surface area (Å²) in [7, 11) is 0. The van der Waals surface area contributed by atoms with Gasteiger partial charge in [0, 0.05) is 16.8 Å². The largest absolute Gasteiger partial charge is 0.355 e. The van der Waals surface area contributed by atoms with Gasteiger partial charge >= 0.3 is 0 Å². The Kier molecular flexibility index (Phi) is 5.16. The second kappa shape index (κ2) is 6.92. The first kappa shape index (κ1) is 17.2. The summed E-state index contributed by atoms with van der Waals surface area (Å²) in [6.45, 7) is 9.20. The number of rotatable bonds is 6. The number of Topliss-reactive ketones (excluding diaryl/α,β-unsaturated/α-hetero) is 2. The van der Waals surface area contributed by atoms with Crippen LogP contribution in [0.25, 0.3) is 0 Å². The lowest BCUT2D eigenvalue weighted by Crippen LogP contribution is -2.91. The van der Waals surface area contributed by atoms with Crippen molar-refractivity contribution in [3.05, 3.63) is 58.4 Å². The molecule has 1 aromatic carbocycles. The smallest absolute Gasteiger partial charge is 0.235 e. The Labute approximate surface area is 137 Å². The molecule has 0 aliphatic carbocycles. The van der Waals surface area contributed by atoms with E-state index < -0.39 is 0 Å². The zero-order chi connectivity index (χ0) is 17.1. The lowest BCUT2D eigenvalue weighted by molar-refractivity contribution is -0.709. The molecule has 1 heterocycles. The van der Waals surface area contributed by atoms with E-state index in [4.69, 9.17) is 0 Å². The highest BCUT2D eigenvalue weighted by atomic mass is 16.1. The SMILES string of the molecule is CC(=O)c1c(C)[nH]c(C(=O)[C@@H](C)[NH2+][C@H](C)c2ccccc2)c1C. The van der Waals surface area contributed by atoms with Crippen LogP contribution in [0.3, 0.4) is 0 Å². The molecule has 0 amide bonds. The van der Waals surface area contributed by atoms with Gasteiger partial charge in [0.15, 0.2) is 5.78 Å². The van der Waals surface area contributed by atoms with E-state index in [1.165, 1.54) is 12.5 Å². The first-order chi connectivity index (χ1) is 10.8. The monoisotopic (exact) mass is 313 g/mol. The molecule has 2 aromatic rings. The average molecular weight is 313 g/mol. The molecular formula is C19H25N2O2+. The van der Waals surface area contributed by atoms with Crippen molar-refractivity contribution in [3.8, 4) is 0 Å². The molecule has 0 spiro atoms. The molecule has 0 fully saturated rings. The lowest BCUT2D eigenvalue weighted by atomic mass is 10.0. The molecule has 1 aromatic heterocycles. The van der Waals surface area contributed by atoms with Crippen molar-refractivity contribution in [1.82, 2.24) is 4.98 Å². The number of carbonyl (C=O) groups is 2. The molecule has 23 heavy (non-hydrogen) atoms. The van der Waals surface area contributed by atoms with Gasteiger partial charge in [-0.3, -0.25) is 9.59 Å². The van der Waals surface area contributed by atoms with Crippen LogP contribution < -0.4 is 5.32 Å². The van der Waals surface area contributed by atoms with E-state index in [1.54, 1.807) is 0 Å². The first-order valence-corrected chi connectivity index (χ1v) is 7.97. The van der Waals surface area contributed by atoms with Crippen molar-refractivity contribution < 1.29 is 14.9 Å². The quantitative estimate of drug-likeness (QED) is 0.805. The Hall–Kier alpha value is -2.20. The number of hydrogen-bond donors (Lipinski definition) is 2. The molecule has 0 radical (unpaired) electrons. The summed E-state index contributed by atoms with van der Waals surface area (Å²) in [6.07, 6.45) is 0. The van der Waals surface area contributed by atoms with Gasteiger partial charge in [0.1, 0.15) is 12.1 Å². The van der Waals surface area contributed by atoms with Gasteiger partial charge in [0.2, 0.25) is 5.78 Å². The summed E-state index contributed by atoms with van der Waals surface area (Å²) in [5.41, 5.74) is 3.90. The Bertz CT molecular complexity index is 716. The van der Waals surface area contributed by atoms with Gasteiger partial charge in [0.25, 0.3) is 0 Å². The molecule has 0 saturated carbocycles. The lowest BCUT2D eigenvalue weighted by Gasteiger charge is -2.16. The number of quaternary nitrogens is 1. The Morgan fingerprint density at radius 3 is 2.22 bits per heavy atom. The number of ketones is 2. The molecular weight excluding hydrogens is 288 g/mol. The highest BCUT2D eigenvalue weighted by molar-refractivity contribution is 6.04. The number of nitrogens with one attached hydrogen (secondary N) is 1. The third-order valence-corrected chi connectivity index (χ3v) is 4.35. The molecule has 0 aliphatic heterocycles. The van der Waals surface area contributed by atoms with Gasteiger partial charge < -0.3 is 10.3 Å². The van der Waals surface area contributed by atoms with Crippen molar-refractivity contribution in [2.45, 2.75) is 46.7 Å². The number of aromatic nitrogens is 1. The van der Waals surface area contributed by atoms with Gasteiger partial charge in [-0.1, -0.05) is 30.3 Å². The number of benzene rings is 1. The number of hydrogen-bond acceptors (Lipinski definition) is 2. The molecule has 3 N–H and O–H groups in total. The average Bonchev–Trinajstić information content (AvgIpc) is 2.82. The molecule has 4 heteroatoms. The van der Waals surface area contributed by atoms with Crippen molar-refractivity contribution in [1.29, 1.82) is 0 Å². The summed E-state index contributed by atoms with van der Waals surface area (Å²) in [5.74, 6) is 0.0190. The number of aryl methyl sites for hydroxylation is 1. The minimum absolute atomic E-state index is 0.00964. The molecule has 0 unspecified atom stereocenters. The van der Waals surface area contributed by atoms with Crippen molar-refractivity contribution in [2.24, 2.45) is 0 Å². The molecule has 2 rings (SSSR count). The Morgan fingerprint density at radius 1 is 1.09 bits per heavy atom. The molecule has 2 atom stereocenters. The fraction of sp³-hybridized carbons (Fsp3) is 0.368. The summed E-state index contributed by atoms with van der Waals surface area (Å²) in [6, 6.07) is 10.1. The van der Waals surface area contributed by atoms with Crippen LogP contribution in [0.2, 0.25) is 0 Å². The van der Waals surface area contributed by atoms with Crippen molar-refractivity contribution in [2.75, 3.05) is 0 Å². The van der Waals surface area contributed by atoms with Crippen LogP contribution >= 0.6 is 0 Å². The van der Waals surface area contributed by atoms with Crippen LogP contribution in [-0.4, -0.2) is 22.6 Å². The fourth-order valence-electron chi connectivity index (χ4n) is 3.14. The Morgan fingerprint density at radius 2 is 1.70 bits per heavy atom. The second-order valence-corrected chi connectivity index (χ2v) is 6.23. The summed E-state index contributed by atoms with van der Waals surface area (Å²) in [4.78, 5) is 27.6. The van der Waals surface area contributed by atoms with Crippen LogP contribution in [0.4, 0.5) is 0 Å². The van der Waals surface area contributed by atoms with E-state index in [2.05, 4.69) is 29.4 Å². The van der Waals surface area contributed by atoms with Crippen LogP contribution in [0, 0.1) is 13.8 Å². The number of H-pyrrole nitrogens is 1. The van der Waals surface area contributed by atoms with Gasteiger partial charge in [-0.2, -0.15) is 0 Å². The predicted molar refractivity (Wildman–Crippen MR) is 90.8 cm³/mol. The minimum atomic E-state index is -0.221.